The number of aromatic nitrogens is 3. The number of amides is 2. The van der Waals surface area contributed by atoms with E-state index in [9.17, 15) is 18.4 Å². The molecule has 0 radical (unpaired) electrons. The minimum atomic E-state index is -0.935. The van der Waals surface area contributed by atoms with Crippen molar-refractivity contribution in [2.75, 3.05) is 18.6 Å². The minimum Gasteiger partial charge on any atom is -0.489 e. The van der Waals surface area contributed by atoms with Gasteiger partial charge in [-0.3, -0.25) is 4.79 Å². The molecule has 1 aromatic carbocycles. The van der Waals surface area contributed by atoms with Gasteiger partial charge in [-0.05, 0) is 35.9 Å². The third-order valence-electron chi connectivity index (χ3n) is 4.74. The predicted molar refractivity (Wildman–Crippen MR) is 110 cm³/mol. The third-order valence-corrected chi connectivity index (χ3v) is 5.24. The van der Waals surface area contributed by atoms with Crippen molar-refractivity contribution in [1.29, 1.82) is 0 Å². The van der Waals surface area contributed by atoms with Gasteiger partial charge in [-0.15, -0.1) is 0 Å². The van der Waals surface area contributed by atoms with E-state index in [0.717, 1.165) is 15.2 Å². The second-order valence-corrected chi connectivity index (χ2v) is 7.79. The number of rotatable bonds is 3. The number of carbonyl (C=O) groups excluding carboxylic acids is 2. The zero-order chi connectivity index (χ0) is 22.1. The first-order valence-corrected chi connectivity index (χ1v) is 9.96. The Bertz CT molecular complexity index is 1170. The van der Waals surface area contributed by atoms with Gasteiger partial charge in [-0.2, -0.15) is 23.5 Å². The molecule has 0 saturated carbocycles. The lowest BCUT2D eigenvalue weighted by Gasteiger charge is -2.20. The summed E-state index contributed by atoms with van der Waals surface area (Å²) in [4.78, 5) is 30.0. The lowest BCUT2D eigenvalue weighted by Crippen LogP contribution is -2.50. The van der Waals surface area contributed by atoms with Crippen LogP contribution in [0.5, 0.6) is 5.75 Å². The van der Waals surface area contributed by atoms with Crippen molar-refractivity contribution in [3.8, 4) is 5.75 Å². The van der Waals surface area contributed by atoms with Crippen LogP contribution in [0, 0.1) is 11.9 Å². The van der Waals surface area contributed by atoms with Crippen LogP contribution in [0.3, 0.4) is 0 Å². The number of nitrogens with one attached hydrogen (secondary N) is 1. The first-order valence-electron chi connectivity index (χ1n) is 9.17. The molecule has 0 bridgehead atoms. The van der Waals surface area contributed by atoms with Crippen LogP contribution in [0.4, 0.5) is 19.3 Å². The van der Waals surface area contributed by atoms with Gasteiger partial charge in [0.15, 0.2) is 0 Å². The molecule has 31 heavy (non-hydrogen) atoms. The average molecular weight is 492 g/mol. The van der Waals surface area contributed by atoms with Crippen LogP contribution >= 0.6 is 15.9 Å². The highest BCUT2D eigenvalue weighted by Gasteiger charge is 2.31. The van der Waals surface area contributed by atoms with E-state index >= 15 is 0 Å². The summed E-state index contributed by atoms with van der Waals surface area (Å²) in [6, 6.07) is 6.03. The van der Waals surface area contributed by atoms with Gasteiger partial charge in [0.05, 0.1) is 11.9 Å². The molecule has 160 valence electrons. The maximum absolute atomic E-state index is 13.7. The van der Waals surface area contributed by atoms with Crippen molar-refractivity contribution in [2.45, 2.75) is 12.5 Å². The lowest BCUT2D eigenvalue weighted by molar-refractivity contribution is -0.120. The molecule has 1 aliphatic rings. The maximum Gasteiger partial charge on any atom is 0.342 e. The van der Waals surface area contributed by atoms with Gasteiger partial charge in [-0.25, -0.2) is 4.79 Å². The number of anilines is 1. The molecule has 11 heteroatoms. The molecule has 0 unspecified atom stereocenters. The molecule has 3 heterocycles. The number of hydrogen-bond acceptors (Lipinski definition) is 5. The van der Waals surface area contributed by atoms with Crippen molar-refractivity contribution in [3.63, 3.8) is 0 Å². The number of likely N-dealkylation sites (N-methyl/N-ethyl adjacent to an activating group) is 1. The summed E-state index contributed by atoms with van der Waals surface area (Å²) >= 11 is 3.36. The van der Waals surface area contributed by atoms with Crippen molar-refractivity contribution in [2.24, 2.45) is 0 Å². The summed E-state index contributed by atoms with van der Waals surface area (Å²) in [6.45, 7) is -0.0515. The summed E-state index contributed by atoms with van der Waals surface area (Å²) in [5.41, 5.74) is 1.26. The summed E-state index contributed by atoms with van der Waals surface area (Å²) < 4.78 is 34.2. The topological polar surface area (TPSA) is 89.4 Å². The van der Waals surface area contributed by atoms with Crippen LogP contribution in [0.25, 0.3) is 0 Å². The van der Waals surface area contributed by atoms with Gasteiger partial charge in [-0.1, -0.05) is 15.9 Å². The smallest absolute Gasteiger partial charge is 0.342 e. The van der Waals surface area contributed by atoms with E-state index in [-0.39, 0.29) is 24.5 Å². The molecular formula is C20H16BrF2N5O3. The molecule has 8 nitrogen and oxygen atoms in total. The molecule has 0 fully saturated rings. The second-order valence-electron chi connectivity index (χ2n) is 6.88. The monoisotopic (exact) mass is 491 g/mol. The summed E-state index contributed by atoms with van der Waals surface area (Å²) in [5, 5.41) is 6.56. The number of benzene rings is 1. The quantitative estimate of drug-likeness (QED) is 0.569. The molecule has 0 spiro atoms. The van der Waals surface area contributed by atoms with Crippen molar-refractivity contribution < 1.29 is 23.1 Å². The van der Waals surface area contributed by atoms with Crippen molar-refractivity contribution in [3.05, 3.63) is 70.2 Å². The van der Waals surface area contributed by atoms with E-state index in [1.807, 2.05) is 0 Å². The van der Waals surface area contributed by atoms with Crippen LogP contribution in [0.15, 0.2) is 47.2 Å². The highest BCUT2D eigenvalue weighted by atomic mass is 79.9. The minimum absolute atomic E-state index is 0.0515. The highest BCUT2D eigenvalue weighted by Crippen LogP contribution is 2.33. The number of hydrogen-bond donors (Lipinski definition) is 1. The van der Waals surface area contributed by atoms with Gasteiger partial charge in [0.1, 0.15) is 18.4 Å². The standard InChI is InChI=1S/C20H16BrF2N5O3/c1-27-15-7-13(21)3-4-16(15)31-10-14(19(27)29)25-20(30)28-9-11(8-24-28)6-12-2-5-17(22)26-18(12)23/h2-5,7-9,14H,6,10H2,1H3,(H,25,30)/t14-/m0/s1. The maximum atomic E-state index is 13.7. The molecular weight excluding hydrogens is 476 g/mol. The molecule has 0 aliphatic carbocycles. The Labute approximate surface area is 184 Å². The molecule has 1 atom stereocenters. The number of fused-ring (bicyclic) bond motifs is 1. The number of halogens is 3. The number of pyridine rings is 1. The van der Waals surface area contributed by atoms with E-state index in [0.29, 0.717) is 17.0 Å². The fraction of sp³-hybridized carbons (Fsp3) is 0.200. The molecule has 3 aromatic rings. The Kier molecular flexibility index (Phi) is 5.68. The SMILES string of the molecule is CN1C(=O)[C@@H](NC(=O)n2cc(Cc3ccc(F)nc3F)cn2)COc2ccc(Br)cc21. The Hall–Kier alpha value is -3.34. The number of ether oxygens (including phenoxy) is 1. The van der Waals surface area contributed by atoms with Crippen LogP contribution < -0.4 is 15.0 Å². The Morgan fingerprint density at radius 2 is 2.13 bits per heavy atom. The molecule has 0 saturated heterocycles. The molecule has 4 rings (SSSR count). The molecule has 2 aromatic heterocycles. The molecule has 1 N–H and O–H groups in total. The van der Waals surface area contributed by atoms with Crippen LogP contribution in [0.1, 0.15) is 11.1 Å². The van der Waals surface area contributed by atoms with E-state index in [2.05, 4.69) is 31.3 Å². The van der Waals surface area contributed by atoms with E-state index in [1.165, 1.54) is 23.4 Å². The number of nitrogens with zero attached hydrogens (tertiary/aromatic N) is 4. The highest BCUT2D eigenvalue weighted by molar-refractivity contribution is 9.10. The number of carbonyl (C=O) groups is 2. The van der Waals surface area contributed by atoms with Gasteiger partial charge in [0.2, 0.25) is 11.9 Å². The van der Waals surface area contributed by atoms with Crippen molar-refractivity contribution >= 4 is 33.6 Å². The fourth-order valence-electron chi connectivity index (χ4n) is 3.15. The van der Waals surface area contributed by atoms with Gasteiger partial charge >= 0.3 is 6.03 Å². The fourth-order valence-corrected chi connectivity index (χ4v) is 3.49. The Morgan fingerprint density at radius 1 is 1.32 bits per heavy atom. The zero-order valence-electron chi connectivity index (χ0n) is 16.2. The first kappa shape index (κ1) is 20.9. The third kappa shape index (κ3) is 4.41. The summed E-state index contributed by atoms with van der Waals surface area (Å²) in [5.74, 6) is -1.66. The second kappa shape index (κ2) is 8.42. The van der Waals surface area contributed by atoms with Gasteiger partial charge < -0.3 is 15.0 Å². The van der Waals surface area contributed by atoms with Gasteiger partial charge in [0, 0.05) is 29.7 Å². The predicted octanol–water partition coefficient (Wildman–Crippen LogP) is 2.89. The van der Waals surface area contributed by atoms with Crippen LogP contribution in [-0.4, -0.2) is 46.4 Å². The van der Waals surface area contributed by atoms with Crippen LogP contribution in [-0.2, 0) is 11.2 Å². The summed E-state index contributed by atoms with van der Waals surface area (Å²) in [6.07, 6.45) is 2.85. The Balaban J connectivity index is 1.46. The van der Waals surface area contributed by atoms with Crippen LogP contribution in [0.2, 0.25) is 0 Å². The first-order chi connectivity index (χ1) is 14.8. The van der Waals surface area contributed by atoms with E-state index in [1.54, 1.807) is 25.2 Å². The lowest BCUT2D eigenvalue weighted by atomic mass is 10.1. The average Bonchev–Trinajstić information content (AvgIpc) is 3.17. The largest absolute Gasteiger partial charge is 0.489 e. The van der Waals surface area contributed by atoms with Gasteiger partial charge in [0.25, 0.3) is 5.91 Å². The Morgan fingerprint density at radius 3 is 2.90 bits per heavy atom. The zero-order valence-corrected chi connectivity index (χ0v) is 17.8. The van der Waals surface area contributed by atoms with Crippen molar-refractivity contribution in [1.82, 2.24) is 20.1 Å². The summed E-state index contributed by atoms with van der Waals surface area (Å²) in [7, 11) is 1.60. The normalized spacial score (nSPS) is 15.8. The molecule has 1 aliphatic heterocycles. The molecule has 2 amide bonds. The van der Waals surface area contributed by atoms with E-state index < -0.39 is 24.0 Å². The van der Waals surface area contributed by atoms with E-state index in [4.69, 9.17) is 4.74 Å².